The number of para-hydroxylation sites is 1. The van der Waals surface area contributed by atoms with Crippen molar-refractivity contribution in [1.82, 2.24) is 40.5 Å². The van der Waals surface area contributed by atoms with Crippen molar-refractivity contribution in [1.29, 1.82) is 0 Å². The summed E-state index contributed by atoms with van der Waals surface area (Å²) in [6.07, 6.45) is 5.30. The molecule has 73 heavy (non-hydrogen) atoms. The number of aliphatic hydroxyl groups excluding tert-OH is 1. The number of thiazole rings is 1. The fourth-order valence-electron chi connectivity index (χ4n) is 9.08. The number of carbonyl (C=O) groups excluding carboxylic acids is 4. The van der Waals surface area contributed by atoms with E-state index in [1.807, 2.05) is 92.7 Å². The maximum atomic E-state index is 14.0. The van der Waals surface area contributed by atoms with Gasteiger partial charge in [0.2, 0.25) is 23.6 Å². The Balaban J connectivity index is 0.745. The van der Waals surface area contributed by atoms with Crippen LogP contribution in [-0.2, 0) is 25.7 Å². The normalized spacial score (nSPS) is 16.3. The first kappa shape index (κ1) is 53.9. The van der Waals surface area contributed by atoms with Crippen molar-refractivity contribution in [3.63, 3.8) is 0 Å². The molecule has 3 aromatic carbocycles. The number of benzene rings is 3. The number of hydrogen-bond acceptors (Lipinski definition) is 13. The van der Waals surface area contributed by atoms with E-state index in [2.05, 4.69) is 42.6 Å². The SMILES string of the molecule is Cc1ncsc1-c1ccc(CNC(=O)[C@@H]2C[C@@H](O)CN2C(=O)[C@@H](NC(=O)CCCCCCCCC(=O)N2CCN(CCOc3cccc(C#Cc4cc(-c5ccccc5O)nnc4N)c3)CC2)C(C)(C)C)cc1. The zero-order chi connectivity index (χ0) is 51.9. The number of nitrogen functional groups attached to an aromatic ring is 1. The summed E-state index contributed by atoms with van der Waals surface area (Å²) in [7, 11) is 0. The molecular weight excluding hydrogens is 943 g/mol. The van der Waals surface area contributed by atoms with E-state index in [1.165, 1.54) is 4.90 Å². The van der Waals surface area contributed by atoms with Crippen molar-refractivity contribution < 1.29 is 34.1 Å². The molecule has 3 atom stereocenters. The molecule has 2 aliphatic rings. The van der Waals surface area contributed by atoms with E-state index in [1.54, 1.807) is 35.6 Å². The summed E-state index contributed by atoms with van der Waals surface area (Å²) < 4.78 is 6.08. The van der Waals surface area contributed by atoms with Crippen LogP contribution in [-0.4, -0.2) is 128 Å². The highest BCUT2D eigenvalue weighted by Gasteiger charge is 2.44. The summed E-state index contributed by atoms with van der Waals surface area (Å²) in [4.78, 5) is 64.8. The van der Waals surface area contributed by atoms with Gasteiger partial charge in [-0.3, -0.25) is 24.1 Å². The number of phenolic OH excluding ortho intramolecular Hbond substituents is 1. The Bertz CT molecular complexity index is 2740. The Morgan fingerprint density at radius 2 is 1.62 bits per heavy atom. The van der Waals surface area contributed by atoms with Gasteiger partial charge >= 0.3 is 0 Å². The zero-order valence-corrected chi connectivity index (χ0v) is 43.3. The highest BCUT2D eigenvalue weighted by molar-refractivity contribution is 7.13. The average Bonchev–Trinajstić information content (AvgIpc) is 4.00. The summed E-state index contributed by atoms with van der Waals surface area (Å²) in [6, 6.07) is 22.4. The molecule has 2 fully saturated rings. The number of aliphatic hydroxyl groups is 1. The number of likely N-dealkylation sites (tertiary alicyclic amines) is 1. The minimum Gasteiger partial charge on any atom is -0.507 e. The van der Waals surface area contributed by atoms with Crippen molar-refractivity contribution in [2.75, 3.05) is 51.6 Å². The van der Waals surface area contributed by atoms with E-state index in [0.717, 1.165) is 79.0 Å². The van der Waals surface area contributed by atoms with Crippen LogP contribution in [0.25, 0.3) is 21.7 Å². The fourth-order valence-corrected chi connectivity index (χ4v) is 9.89. The number of aromatic nitrogens is 3. The van der Waals surface area contributed by atoms with Gasteiger partial charge in [-0.05, 0) is 72.7 Å². The number of ether oxygens (including phenoxy) is 1. The molecule has 386 valence electrons. The van der Waals surface area contributed by atoms with Gasteiger partial charge in [-0.25, -0.2) is 4.98 Å². The van der Waals surface area contributed by atoms with Crippen LogP contribution in [0.3, 0.4) is 0 Å². The fraction of sp³-hybridized carbons (Fsp3) is 0.446. The van der Waals surface area contributed by atoms with Gasteiger partial charge in [0, 0.05) is 76.2 Å². The van der Waals surface area contributed by atoms with Crippen molar-refractivity contribution in [3.05, 3.63) is 107 Å². The molecule has 4 amide bonds. The number of carbonyl (C=O) groups is 4. The molecule has 17 heteroatoms. The molecule has 0 bridgehead atoms. The number of nitrogens with zero attached hydrogens (tertiary/aromatic N) is 6. The summed E-state index contributed by atoms with van der Waals surface area (Å²) >= 11 is 1.58. The van der Waals surface area contributed by atoms with Crippen LogP contribution in [0, 0.1) is 24.2 Å². The van der Waals surface area contributed by atoms with Crippen LogP contribution in [0.2, 0.25) is 0 Å². The minimum absolute atomic E-state index is 0.0218. The molecule has 0 aliphatic carbocycles. The van der Waals surface area contributed by atoms with Crippen molar-refractivity contribution in [3.8, 4) is 45.0 Å². The minimum atomic E-state index is -0.868. The van der Waals surface area contributed by atoms with E-state index in [-0.39, 0.29) is 61.1 Å². The summed E-state index contributed by atoms with van der Waals surface area (Å²) in [5, 5.41) is 34.9. The lowest BCUT2D eigenvalue weighted by atomic mass is 9.85. The molecule has 5 aromatic rings. The molecule has 0 saturated carbocycles. The first-order valence-corrected chi connectivity index (χ1v) is 26.2. The number of hydrogen-bond donors (Lipinski definition) is 5. The Morgan fingerprint density at radius 3 is 2.33 bits per heavy atom. The van der Waals surface area contributed by atoms with Gasteiger partial charge < -0.3 is 41.1 Å². The number of β-amino-alcohol motifs (C(OH)–C–C–N with tert-alkyl or cyclic N) is 1. The maximum absolute atomic E-state index is 14.0. The second-order valence-electron chi connectivity index (χ2n) is 20.0. The van der Waals surface area contributed by atoms with Crippen molar-refractivity contribution in [2.45, 2.75) is 110 Å². The third kappa shape index (κ3) is 15.3. The first-order valence-electron chi connectivity index (χ1n) is 25.3. The van der Waals surface area contributed by atoms with E-state index < -0.39 is 23.6 Å². The lowest BCUT2D eigenvalue weighted by molar-refractivity contribution is -0.144. The highest BCUT2D eigenvalue weighted by atomic mass is 32.1. The van der Waals surface area contributed by atoms with Crippen LogP contribution in [0.1, 0.15) is 101 Å². The van der Waals surface area contributed by atoms with E-state index in [0.29, 0.717) is 55.1 Å². The second kappa shape index (κ2) is 25.7. The van der Waals surface area contributed by atoms with Gasteiger partial charge in [-0.1, -0.05) is 101 Å². The Labute approximate surface area is 432 Å². The van der Waals surface area contributed by atoms with Crippen LogP contribution in [0.5, 0.6) is 11.5 Å². The van der Waals surface area contributed by atoms with E-state index >= 15 is 0 Å². The predicted octanol–water partition coefficient (Wildman–Crippen LogP) is 6.72. The molecule has 4 heterocycles. The quantitative estimate of drug-likeness (QED) is 0.0406. The third-order valence-electron chi connectivity index (χ3n) is 13.3. The molecule has 2 aromatic heterocycles. The standard InChI is InChI=1S/C56H69N9O7S/c1-38-51(73-37-59-38)41-23-21-40(22-24-41)35-58-54(70)47-34-43(66)36-65(47)55(71)52(56(2,3)4)60-49(68)18-9-7-5-6-8-10-19-50(69)64-28-26-63(27-29-64)30-31-72-44-15-13-14-39(32-44)20-25-42-33-46(61-62-53(42)57)45-16-11-12-17-48(45)67/h11-17,21-24,32-33,37,43,47,52,66-67H,5-10,18-19,26-31,34-36H2,1-4H3,(H2,57,62)(H,58,70)(H,60,68)/t43-,47+,52-/m1/s1. The molecule has 2 aliphatic heterocycles. The molecule has 0 spiro atoms. The van der Waals surface area contributed by atoms with Crippen LogP contribution in [0.4, 0.5) is 5.82 Å². The maximum Gasteiger partial charge on any atom is 0.246 e. The average molecular weight is 1010 g/mol. The highest BCUT2D eigenvalue weighted by Crippen LogP contribution is 2.30. The number of nitrogens with one attached hydrogen (secondary N) is 2. The number of unbranched alkanes of at least 4 members (excludes halogenated alkanes) is 5. The van der Waals surface area contributed by atoms with E-state index in [4.69, 9.17) is 10.5 Å². The first-order chi connectivity index (χ1) is 35.1. The number of aryl methyl sites for hydroxylation is 1. The van der Waals surface area contributed by atoms with Gasteiger partial charge in [0.25, 0.3) is 0 Å². The predicted molar refractivity (Wildman–Crippen MR) is 283 cm³/mol. The Morgan fingerprint density at radius 1 is 0.890 bits per heavy atom. The Kier molecular flexibility index (Phi) is 19.0. The number of phenols is 1. The largest absolute Gasteiger partial charge is 0.507 e. The summed E-state index contributed by atoms with van der Waals surface area (Å²) in [6.45, 7) is 12.1. The number of anilines is 1. The number of rotatable bonds is 20. The molecule has 0 radical (unpaired) electrons. The topological polar surface area (TPSA) is 216 Å². The second-order valence-corrected chi connectivity index (χ2v) is 20.8. The van der Waals surface area contributed by atoms with Gasteiger partial charge in [-0.2, -0.15) is 0 Å². The zero-order valence-electron chi connectivity index (χ0n) is 42.4. The lowest BCUT2D eigenvalue weighted by Gasteiger charge is -2.35. The van der Waals surface area contributed by atoms with Crippen LogP contribution < -0.4 is 21.1 Å². The number of nitrogens with two attached hydrogens (primary N) is 1. The molecule has 6 N–H and O–H groups in total. The smallest absolute Gasteiger partial charge is 0.246 e. The number of amides is 4. The summed E-state index contributed by atoms with van der Waals surface area (Å²) in [5.74, 6) is 6.46. The molecule has 7 rings (SSSR count). The van der Waals surface area contributed by atoms with E-state index in [9.17, 15) is 29.4 Å². The van der Waals surface area contributed by atoms with Gasteiger partial charge in [0.15, 0.2) is 5.82 Å². The van der Waals surface area contributed by atoms with Crippen LogP contribution >= 0.6 is 11.3 Å². The number of aromatic hydroxyl groups is 1. The molecule has 2 saturated heterocycles. The van der Waals surface area contributed by atoms with Gasteiger partial charge in [0.05, 0.1) is 33.4 Å². The molecule has 0 unspecified atom stereocenters. The number of piperazine rings is 1. The van der Waals surface area contributed by atoms with Crippen LogP contribution in [0.15, 0.2) is 84.4 Å². The Hall–Kier alpha value is -6.87. The van der Waals surface area contributed by atoms with Gasteiger partial charge in [-0.15, -0.1) is 21.5 Å². The third-order valence-corrected chi connectivity index (χ3v) is 14.3. The van der Waals surface area contributed by atoms with Gasteiger partial charge in [0.1, 0.15) is 30.2 Å². The van der Waals surface area contributed by atoms with Crippen molar-refractivity contribution in [2.24, 2.45) is 5.41 Å². The molecular formula is C56H69N9O7S. The van der Waals surface area contributed by atoms with Crippen molar-refractivity contribution >= 4 is 40.8 Å². The summed E-state index contributed by atoms with van der Waals surface area (Å²) in [5.41, 5.74) is 12.5. The lowest BCUT2D eigenvalue weighted by Crippen LogP contribution is -2.57. The monoisotopic (exact) mass is 1010 g/mol. The molecule has 16 nitrogen and oxygen atoms in total.